The van der Waals surface area contributed by atoms with Crippen molar-refractivity contribution in [2.24, 2.45) is 5.92 Å². The number of nitrogens with one attached hydrogen (secondary N) is 2. The van der Waals surface area contributed by atoms with E-state index in [1.54, 1.807) is 6.92 Å². The van der Waals surface area contributed by atoms with Gasteiger partial charge in [-0.2, -0.15) is 0 Å². The summed E-state index contributed by atoms with van der Waals surface area (Å²) in [7, 11) is 0. The molecule has 1 aromatic rings. The summed E-state index contributed by atoms with van der Waals surface area (Å²) in [6, 6.07) is 2.67. The lowest BCUT2D eigenvalue weighted by Gasteiger charge is -2.13. The van der Waals surface area contributed by atoms with Crippen LogP contribution in [0.2, 0.25) is 0 Å². The molecule has 0 saturated carbocycles. The lowest BCUT2D eigenvalue weighted by atomic mass is 10.1. The van der Waals surface area contributed by atoms with Crippen molar-refractivity contribution in [3.05, 3.63) is 22.2 Å². The van der Waals surface area contributed by atoms with E-state index < -0.39 is 4.92 Å². The van der Waals surface area contributed by atoms with Crippen LogP contribution in [0.3, 0.4) is 0 Å². The number of anilines is 1. The largest absolute Gasteiger partial charge is 0.454 e. The maximum Gasteiger partial charge on any atom is 0.296 e. The highest BCUT2D eigenvalue weighted by atomic mass is 16.7. The topological polar surface area (TPSA) is 103 Å². The van der Waals surface area contributed by atoms with Crippen molar-refractivity contribution in [3.8, 4) is 11.5 Å². The van der Waals surface area contributed by atoms with Gasteiger partial charge in [0.15, 0.2) is 11.5 Å². The number of ether oxygens (including phenoxy) is 2. The molecule has 2 N–H and O–H groups in total. The standard InChI is InChI=1S/C13H17N3O5/c1-3-14-6-8(2)13(17)15-9-4-11-12(21-7-20-11)5-10(9)16(18)19/h4-5,8,14H,3,6-7H2,1-2H3,(H,15,17). The second-order valence-electron chi connectivity index (χ2n) is 4.68. The van der Waals surface area contributed by atoms with Gasteiger partial charge in [-0.3, -0.25) is 14.9 Å². The molecule has 0 spiro atoms. The van der Waals surface area contributed by atoms with Gasteiger partial charge in [0, 0.05) is 18.5 Å². The molecule has 1 aliphatic rings. The van der Waals surface area contributed by atoms with Crippen molar-refractivity contribution in [3.63, 3.8) is 0 Å². The van der Waals surface area contributed by atoms with Gasteiger partial charge < -0.3 is 20.1 Å². The minimum Gasteiger partial charge on any atom is -0.454 e. The van der Waals surface area contributed by atoms with Crippen LogP contribution in [0.1, 0.15) is 13.8 Å². The Morgan fingerprint density at radius 3 is 2.71 bits per heavy atom. The molecule has 8 nitrogen and oxygen atoms in total. The predicted molar refractivity (Wildman–Crippen MR) is 75.6 cm³/mol. The molecule has 0 radical (unpaired) electrons. The Morgan fingerprint density at radius 2 is 2.10 bits per heavy atom. The van der Waals surface area contributed by atoms with Crippen LogP contribution in [0.25, 0.3) is 0 Å². The molecular formula is C13H17N3O5. The smallest absolute Gasteiger partial charge is 0.296 e. The predicted octanol–water partition coefficient (Wildman–Crippen LogP) is 1.51. The Labute approximate surface area is 121 Å². The lowest BCUT2D eigenvalue weighted by Crippen LogP contribution is -2.30. The monoisotopic (exact) mass is 295 g/mol. The van der Waals surface area contributed by atoms with Gasteiger partial charge in [-0.25, -0.2) is 0 Å². The average Bonchev–Trinajstić information content (AvgIpc) is 2.90. The molecule has 1 aliphatic heterocycles. The van der Waals surface area contributed by atoms with Crippen LogP contribution in [0.5, 0.6) is 11.5 Å². The van der Waals surface area contributed by atoms with Gasteiger partial charge in [0.05, 0.1) is 11.0 Å². The van der Waals surface area contributed by atoms with E-state index in [0.29, 0.717) is 18.0 Å². The Kier molecular flexibility index (Phi) is 4.59. The van der Waals surface area contributed by atoms with Crippen molar-refractivity contribution >= 4 is 17.3 Å². The number of rotatable bonds is 6. The van der Waals surface area contributed by atoms with E-state index in [9.17, 15) is 14.9 Å². The number of carbonyl (C=O) groups excluding carboxylic acids is 1. The molecule has 0 saturated heterocycles. The summed E-state index contributed by atoms with van der Waals surface area (Å²) < 4.78 is 10.3. The zero-order valence-electron chi connectivity index (χ0n) is 11.8. The van der Waals surface area contributed by atoms with E-state index in [0.717, 1.165) is 6.54 Å². The van der Waals surface area contributed by atoms with Crippen LogP contribution in [-0.2, 0) is 4.79 Å². The summed E-state index contributed by atoms with van der Waals surface area (Å²) >= 11 is 0. The highest BCUT2D eigenvalue weighted by molar-refractivity contribution is 5.95. The highest BCUT2D eigenvalue weighted by Crippen LogP contribution is 2.40. The number of fused-ring (bicyclic) bond motifs is 1. The van der Waals surface area contributed by atoms with E-state index in [2.05, 4.69) is 10.6 Å². The van der Waals surface area contributed by atoms with E-state index in [1.165, 1.54) is 12.1 Å². The molecular weight excluding hydrogens is 278 g/mol. The average molecular weight is 295 g/mol. The summed E-state index contributed by atoms with van der Waals surface area (Å²) in [5, 5.41) is 16.7. The number of nitrogens with zero attached hydrogens (tertiary/aromatic N) is 1. The minimum atomic E-state index is -0.563. The number of nitro groups is 1. The van der Waals surface area contributed by atoms with E-state index in [4.69, 9.17) is 9.47 Å². The van der Waals surface area contributed by atoms with Crippen LogP contribution in [-0.4, -0.2) is 30.7 Å². The minimum absolute atomic E-state index is 0.0146. The first kappa shape index (κ1) is 15.0. The van der Waals surface area contributed by atoms with Gasteiger partial charge in [-0.15, -0.1) is 0 Å². The Morgan fingerprint density at radius 1 is 1.43 bits per heavy atom. The Balaban J connectivity index is 2.19. The normalized spacial score (nSPS) is 13.8. The summed E-state index contributed by atoms with van der Waals surface area (Å²) in [6.45, 7) is 4.95. The quantitative estimate of drug-likeness (QED) is 0.609. The first-order valence-electron chi connectivity index (χ1n) is 6.62. The van der Waals surface area contributed by atoms with Crippen molar-refractivity contribution in [1.82, 2.24) is 5.32 Å². The van der Waals surface area contributed by atoms with Crippen LogP contribution >= 0.6 is 0 Å². The molecule has 0 fully saturated rings. The molecule has 0 aliphatic carbocycles. The second-order valence-corrected chi connectivity index (χ2v) is 4.68. The molecule has 2 rings (SSSR count). The number of amides is 1. The van der Waals surface area contributed by atoms with Crippen molar-refractivity contribution in [1.29, 1.82) is 0 Å². The molecule has 1 aromatic carbocycles. The third-order valence-electron chi connectivity index (χ3n) is 3.09. The maximum atomic E-state index is 12.0. The second kappa shape index (κ2) is 6.40. The van der Waals surface area contributed by atoms with Crippen molar-refractivity contribution in [2.75, 3.05) is 25.2 Å². The molecule has 1 amide bonds. The molecule has 1 unspecified atom stereocenters. The van der Waals surface area contributed by atoms with Gasteiger partial charge in [0.25, 0.3) is 5.69 Å². The first-order chi connectivity index (χ1) is 10.0. The van der Waals surface area contributed by atoms with Gasteiger partial charge in [-0.05, 0) is 6.54 Å². The Hall–Kier alpha value is -2.35. The summed E-state index contributed by atoms with van der Waals surface area (Å²) in [6.07, 6.45) is 0. The first-order valence-corrected chi connectivity index (χ1v) is 6.62. The van der Waals surface area contributed by atoms with Gasteiger partial charge in [0.1, 0.15) is 5.69 Å². The maximum absolute atomic E-state index is 12.0. The third-order valence-corrected chi connectivity index (χ3v) is 3.09. The van der Waals surface area contributed by atoms with Crippen LogP contribution in [0.4, 0.5) is 11.4 Å². The zero-order chi connectivity index (χ0) is 15.4. The summed E-state index contributed by atoms with van der Waals surface area (Å²) in [5.74, 6) is 0.0866. The number of benzene rings is 1. The lowest BCUT2D eigenvalue weighted by molar-refractivity contribution is -0.384. The molecule has 0 aromatic heterocycles. The number of carbonyl (C=O) groups is 1. The van der Waals surface area contributed by atoms with Crippen molar-refractivity contribution < 1.29 is 19.2 Å². The molecule has 114 valence electrons. The van der Waals surface area contributed by atoms with Crippen LogP contribution < -0.4 is 20.1 Å². The summed E-state index contributed by atoms with van der Waals surface area (Å²) in [4.78, 5) is 22.6. The van der Waals surface area contributed by atoms with Crippen LogP contribution in [0.15, 0.2) is 12.1 Å². The van der Waals surface area contributed by atoms with Crippen molar-refractivity contribution in [2.45, 2.75) is 13.8 Å². The number of hydrogen-bond donors (Lipinski definition) is 2. The molecule has 21 heavy (non-hydrogen) atoms. The van der Waals surface area contributed by atoms with Gasteiger partial charge in [-0.1, -0.05) is 13.8 Å². The zero-order valence-corrected chi connectivity index (χ0v) is 11.8. The third kappa shape index (κ3) is 3.40. The fraction of sp³-hybridized carbons (Fsp3) is 0.462. The number of nitro benzene ring substituents is 1. The fourth-order valence-corrected chi connectivity index (χ4v) is 1.89. The van der Waals surface area contributed by atoms with Crippen LogP contribution in [0, 0.1) is 16.0 Å². The number of hydrogen-bond acceptors (Lipinski definition) is 6. The highest BCUT2D eigenvalue weighted by Gasteiger charge is 2.25. The van der Waals surface area contributed by atoms with Gasteiger partial charge in [0.2, 0.25) is 12.7 Å². The molecule has 1 heterocycles. The van der Waals surface area contributed by atoms with E-state index in [1.807, 2.05) is 6.92 Å². The molecule has 1 atom stereocenters. The SMILES string of the molecule is CCNCC(C)C(=O)Nc1cc2c(cc1[N+](=O)[O-])OCO2. The summed E-state index contributed by atoms with van der Waals surface area (Å²) in [5.41, 5.74) is -0.110. The molecule has 8 heteroatoms. The van der Waals surface area contributed by atoms with E-state index in [-0.39, 0.29) is 30.0 Å². The molecule has 0 bridgehead atoms. The fourth-order valence-electron chi connectivity index (χ4n) is 1.89. The Bertz CT molecular complexity index is 561. The van der Waals surface area contributed by atoms with E-state index >= 15 is 0 Å². The van der Waals surface area contributed by atoms with Gasteiger partial charge >= 0.3 is 0 Å².